The van der Waals surface area contributed by atoms with Gasteiger partial charge < -0.3 is 9.80 Å². The Kier molecular flexibility index (Phi) is 6.02. The summed E-state index contributed by atoms with van der Waals surface area (Å²) in [5.41, 5.74) is 1.72. The number of rotatable bonds is 5. The van der Waals surface area contributed by atoms with E-state index in [1.54, 1.807) is 5.49 Å². The zero-order valence-corrected chi connectivity index (χ0v) is 13.8. The van der Waals surface area contributed by atoms with Crippen molar-refractivity contribution in [2.45, 2.75) is 59.0 Å². The topological polar surface area (TPSA) is 6.48 Å². The molecule has 0 aliphatic carbocycles. The van der Waals surface area contributed by atoms with Gasteiger partial charge in [0.15, 0.2) is 0 Å². The van der Waals surface area contributed by atoms with Crippen molar-refractivity contribution in [2.75, 3.05) is 13.6 Å². The number of hydrogen-bond donors (Lipinski definition) is 0. The summed E-state index contributed by atoms with van der Waals surface area (Å²) in [6.45, 7) is 14.0. The van der Waals surface area contributed by atoms with Crippen LogP contribution in [0.4, 0.5) is 0 Å². The summed E-state index contributed by atoms with van der Waals surface area (Å²) in [5, 5.41) is 0. The first-order chi connectivity index (χ1) is 7.56. The van der Waals surface area contributed by atoms with Gasteiger partial charge in [-0.3, -0.25) is 0 Å². The van der Waals surface area contributed by atoms with Gasteiger partial charge in [-0.1, -0.05) is 24.4 Å². The van der Waals surface area contributed by atoms with Crippen LogP contribution in [0.1, 0.15) is 48.0 Å². The largest absolute Gasteiger partial charge is 0.369 e. The SMILES string of the molecule is CCN(C)C(=S)CC(C)(C)N(C=S)C(C)(C)C. The van der Waals surface area contributed by atoms with Crippen LogP contribution in [-0.4, -0.2) is 45.0 Å². The Morgan fingerprint density at radius 3 is 1.94 bits per heavy atom. The maximum absolute atomic E-state index is 5.47. The lowest BCUT2D eigenvalue weighted by Gasteiger charge is -2.46. The van der Waals surface area contributed by atoms with Crippen LogP contribution in [0.25, 0.3) is 0 Å². The predicted octanol–water partition coefficient (Wildman–Crippen LogP) is 3.49. The molecule has 0 rings (SSSR count). The second-order valence-corrected chi connectivity index (χ2v) is 6.73. The van der Waals surface area contributed by atoms with Crippen molar-refractivity contribution in [3.8, 4) is 0 Å². The highest BCUT2D eigenvalue weighted by molar-refractivity contribution is 7.80. The summed E-state index contributed by atoms with van der Waals surface area (Å²) < 4.78 is 0. The van der Waals surface area contributed by atoms with Gasteiger partial charge in [-0.05, 0) is 41.5 Å². The predicted molar refractivity (Wildman–Crippen MR) is 84.8 cm³/mol. The summed E-state index contributed by atoms with van der Waals surface area (Å²) in [6, 6.07) is 0. The molecule has 4 heteroatoms. The minimum Gasteiger partial charge on any atom is -0.369 e. The molecule has 0 aliphatic rings. The van der Waals surface area contributed by atoms with E-state index in [0.717, 1.165) is 18.0 Å². The van der Waals surface area contributed by atoms with Crippen molar-refractivity contribution < 1.29 is 0 Å². The van der Waals surface area contributed by atoms with Crippen LogP contribution in [0.2, 0.25) is 0 Å². The van der Waals surface area contributed by atoms with E-state index in [1.165, 1.54) is 0 Å². The van der Waals surface area contributed by atoms with Gasteiger partial charge in [0.05, 0.1) is 10.5 Å². The lowest BCUT2D eigenvalue weighted by Crippen LogP contribution is -2.54. The molecule has 0 amide bonds. The molecule has 0 N–H and O–H groups in total. The van der Waals surface area contributed by atoms with Crippen molar-refractivity contribution in [1.82, 2.24) is 9.80 Å². The molecule has 0 heterocycles. The van der Waals surface area contributed by atoms with Crippen LogP contribution in [0, 0.1) is 0 Å². The lowest BCUT2D eigenvalue weighted by atomic mass is 9.92. The molecule has 0 saturated carbocycles. The molecule has 0 aliphatic heterocycles. The van der Waals surface area contributed by atoms with Crippen molar-refractivity contribution in [1.29, 1.82) is 0 Å². The van der Waals surface area contributed by atoms with Crippen LogP contribution in [-0.2, 0) is 0 Å². The van der Waals surface area contributed by atoms with Gasteiger partial charge in [0.1, 0.15) is 0 Å². The fraction of sp³-hybridized carbons (Fsp3) is 0.846. The molecule has 0 aromatic carbocycles. The third-order valence-electron chi connectivity index (χ3n) is 2.96. The zero-order chi connectivity index (χ0) is 13.9. The molecule has 100 valence electrons. The summed E-state index contributed by atoms with van der Waals surface area (Å²) in [6.07, 6.45) is 0.844. The molecule has 0 fully saturated rings. The average molecular weight is 274 g/mol. The maximum atomic E-state index is 5.47. The number of hydrogen-bond acceptors (Lipinski definition) is 2. The smallest absolute Gasteiger partial charge is 0.0799 e. The van der Waals surface area contributed by atoms with Crippen LogP contribution < -0.4 is 0 Å². The van der Waals surface area contributed by atoms with Gasteiger partial charge in [0.2, 0.25) is 0 Å². The Morgan fingerprint density at radius 2 is 1.65 bits per heavy atom. The molecule has 2 nitrogen and oxygen atoms in total. The molecule has 0 spiro atoms. The molecule has 0 unspecified atom stereocenters. The Balaban J connectivity index is 4.88. The van der Waals surface area contributed by atoms with Crippen LogP contribution in [0.3, 0.4) is 0 Å². The van der Waals surface area contributed by atoms with Crippen LogP contribution in [0.15, 0.2) is 0 Å². The summed E-state index contributed by atoms with van der Waals surface area (Å²) >= 11 is 10.6. The van der Waals surface area contributed by atoms with Crippen LogP contribution in [0.5, 0.6) is 0 Å². The van der Waals surface area contributed by atoms with Gasteiger partial charge in [-0.25, -0.2) is 0 Å². The molecular formula is C13H26N2S2. The Hall–Kier alpha value is -0.220. The van der Waals surface area contributed by atoms with E-state index in [2.05, 4.69) is 51.3 Å². The number of nitrogens with zero attached hydrogens (tertiary/aromatic N) is 2. The zero-order valence-electron chi connectivity index (χ0n) is 12.2. The van der Waals surface area contributed by atoms with Crippen LogP contribution >= 0.6 is 24.4 Å². The van der Waals surface area contributed by atoms with Gasteiger partial charge >= 0.3 is 0 Å². The molecular weight excluding hydrogens is 248 g/mol. The minimum absolute atomic E-state index is 0.0195. The van der Waals surface area contributed by atoms with Crippen molar-refractivity contribution >= 4 is 34.9 Å². The third kappa shape index (κ3) is 4.88. The molecule has 0 aromatic heterocycles. The van der Waals surface area contributed by atoms with E-state index in [1.807, 2.05) is 7.05 Å². The second kappa shape index (κ2) is 6.10. The van der Waals surface area contributed by atoms with E-state index in [4.69, 9.17) is 24.4 Å². The molecule has 0 atom stereocenters. The third-order valence-corrected chi connectivity index (χ3v) is 3.63. The summed E-state index contributed by atoms with van der Waals surface area (Å²) in [5.74, 6) is 0. The molecule has 0 aromatic rings. The fourth-order valence-corrected chi connectivity index (χ4v) is 3.06. The normalized spacial score (nSPS) is 12.2. The van der Waals surface area contributed by atoms with Crippen molar-refractivity contribution in [3.05, 3.63) is 0 Å². The van der Waals surface area contributed by atoms with E-state index < -0.39 is 0 Å². The second-order valence-electron chi connectivity index (χ2n) is 6.04. The minimum atomic E-state index is -0.0550. The van der Waals surface area contributed by atoms with E-state index in [9.17, 15) is 0 Å². The first-order valence-corrected chi connectivity index (χ1v) is 6.93. The monoisotopic (exact) mass is 274 g/mol. The molecule has 0 radical (unpaired) electrons. The van der Waals surface area contributed by atoms with Gasteiger partial charge in [-0.15, -0.1) is 0 Å². The van der Waals surface area contributed by atoms with Crippen molar-refractivity contribution in [2.24, 2.45) is 0 Å². The maximum Gasteiger partial charge on any atom is 0.0799 e. The van der Waals surface area contributed by atoms with E-state index >= 15 is 0 Å². The van der Waals surface area contributed by atoms with E-state index in [0.29, 0.717) is 0 Å². The molecule has 0 saturated heterocycles. The van der Waals surface area contributed by atoms with Crippen molar-refractivity contribution in [3.63, 3.8) is 0 Å². The van der Waals surface area contributed by atoms with E-state index in [-0.39, 0.29) is 11.1 Å². The van der Waals surface area contributed by atoms with Gasteiger partial charge in [-0.2, -0.15) is 0 Å². The quantitative estimate of drug-likeness (QED) is 0.708. The highest BCUT2D eigenvalue weighted by Gasteiger charge is 2.33. The highest BCUT2D eigenvalue weighted by atomic mass is 32.1. The summed E-state index contributed by atoms with van der Waals surface area (Å²) in [7, 11) is 2.04. The highest BCUT2D eigenvalue weighted by Crippen LogP contribution is 2.27. The number of thiocarbonyl (C=S) groups is 2. The Bertz CT molecular complexity index is 280. The van der Waals surface area contributed by atoms with Gasteiger partial charge in [0.25, 0.3) is 0 Å². The molecule has 0 bridgehead atoms. The lowest BCUT2D eigenvalue weighted by molar-refractivity contribution is 0.122. The average Bonchev–Trinajstić information content (AvgIpc) is 2.13. The first kappa shape index (κ1) is 16.8. The Labute approximate surface area is 117 Å². The Morgan fingerprint density at radius 1 is 1.18 bits per heavy atom. The standard InChI is InChI=1S/C13H26N2S2/c1-8-14(7)11(17)9-13(5,6)15(10-16)12(2,3)4/h10H,8-9H2,1-7H3. The fourth-order valence-electron chi connectivity index (χ4n) is 1.98. The molecule has 17 heavy (non-hydrogen) atoms. The first-order valence-electron chi connectivity index (χ1n) is 6.05. The summed E-state index contributed by atoms with van der Waals surface area (Å²) in [4.78, 5) is 5.32. The van der Waals surface area contributed by atoms with Gasteiger partial charge in [0, 0.05) is 31.1 Å².